The van der Waals surface area contributed by atoms with Gasteiger partial charge in [-0.15, -0.1) is 0 Å². The number of amides is 5. The second kappa shape index (κ2) is 17.2. The maximum Gasteiger partial charge on any atom is 0.313 e. The number of anilines is 4. The van der Waals surface area contributed by atoms with E-state index in [1.165, 1.54) is 25.3 Å². The number of carbonyl (C=O) groups is 6. The number of nitrogens with zero attached hydrogens (tertiary/aromatic N) is 7. The number of imide groups is 2. The van der Waals surface area contributed by atoms with Crippen molar-refractivity contribution in [1.82, 2.24) is 24.7 Å². The fourth-order valence-electron chi connectivity index (χ4n) is 9.59. The molecule has 0 aliphatic carbocycles. The van der Waals surface area contributed by atoms with E-state index >= 15 is 0 Å². The highest BCUT2D eigenvalue weighted by atomic mass is 16.5. The Balaban J connectivity index is 0.837. The highest BCUT2D eigenvalue weighted by molar-refractivity contribution is 6.23. The number of ether oxygens (including phenoxy) is 1. The summed E-state index contributed by atoms with van der Waals surface area (Å²) in [5.41, 5.74) is 8.25. The Morgan fingerprint density at radius 2 is 1.59 bits per heavy atom. The molecule has 3 N–H and O–H groups in total. The predicted octanol–water partition coefficient (Wildman–Crippen LogP) is 4.33. The molecule has 0 spiro atoms. The zero-order valence-corrected chi connectivity index (χ0v) is 35.2. The minimum absolute atomic E-state index is 0.0309. The first-order valence-corrected chi connectivity index (χ1v) is 21.5. The molecule has 4 saturated heterocycles. The molecule has 61 heavy (non-hydrogen) atoms. The number of hydrogen-bond acceptors (Lipinski definition) is 13. The average molecular weight is 834 g/mol. The smallest absolute Gasteiger partial charge is 0.313 e. The van der Waals surface area contributed by atoms with E-state index in [2.05, 4.69) is 37.1 Å². The number of methoxy groups -OCH3 is 1. The van der Waals surface area contributed by atoms with Crippen LogP contribution >= 0.6 is 0 Å². The molecule has 0 bridgehead atoms. The summed E-state index contributed by atoms with van der Waals surface area (Å²) >= 11 is 0. The summed E-state index contributed by atoms with van der Waals surface area (Å²) in [6, 6.07) is 12.5. The van der Waals surface area contributed by atoms with Gasteiger partial charge in [0.05, 0.1) is 23.7 Å². The predicted molar refractivity (Wildman–Crippen MR) is 228 cm³/mol. The summed E-state index contributed by atoms with van der Waals surface area (Å²) in [4.78, 5) is 96.4. The van der Waals surface area contributed by atoms with Crippen LogP contribution in [0.3, 0.4) is 0 Å². The normalized spacial score (nSPS) is 21.6. The minimum atomic E-state index is -1.16. The maximum atomic E-state index is 13.8. The summed E-state index contributed by atoms with van der Waals surface area (Å²) in [7, 11) is 1.24. The van der Waals surface area contributed by atoms with Crippen LogP contribution < -0.4 is 20.9 Å². The molecular formula is C45H55N9O7. The number of nitrogens with one attached hydrogen (secondary N) is 1. The van der Waals surface area contributed by atoms with Crippen molar-refractivity contribution in [3.8, 4) is 0 Å². The third kappa shape index (κ3) is 8.54. The molecule has 5 amide bonds. The van der Waals surface area contributed by atoms with E-state index < -0.39 is 47.0 Å². The van der Waals surface area contributed by atoms with Crippen molar-refractivity contribution in [3.05, 3.63) is 70.9 Å². The Bertz CT molecular complexity index is 2220. The number of benzene rings is 2. The van der Waals surface area contributed by atoms with E-state index in [4.69, 9.17) is 15.5 Å². The van der Waals surface area contributed by atoms with Crippen molar-refractivity contribution < 1.29 is 33.5 Å². The van der Waals surface area contributed by atoms with Crippen molar-refractivity contribution in [2.24, 2.45) is 17.1 Å². The molecule has 2 unspecified atom stereocenters. The second-order valence-electron chi connectivity index (χ2n) is 17.7. The third-order valence-electron chi connectivity index (χ3n) is 13.1. The molecule has 5 aliphatic rings. The summed E-state index contributed by atoms with van der Waals surface area (Å²) in [5, 5.41) is 3.31. The first-order valence-electron chi connectivity index (χ1n) is 21.5. The van der Waals surface area contributed by atoms with Crippen LogP contribution in [0.25, 0.3) is 0 Å². The first kappa shape index (κ1) is 41.8. The molecule has 0 radical (unpaired) electrons. The van der Waals surface area contributed by atoms with E-state index in [-0.39, 0.29) is 36.1 Å². The number of piperidine rings is 3. The van der Waals surface area contributed by atoms with Crippen LogP contribution in [0, 0.1) is 11.3 Å². The Labute approximate surface area is 355 Å². The number of carbonyl (C=O) groups excluding carboxylic acids is 6. The van der Waals surface area contributed by atoms with Crippen LogP contribution in [-0.2, 0) is 19.1 Å². The van der Waals surface area contributed by atoms with Crippen LogP contribution in [0.1, 0.15) is 108 Å². The summed E-state index contributed by atoms with van der Waals surface area (Å²) < 4.78 is 4.86. The van der Waals surface area contributed by atoms with Crippen molar-refractivity contribution in [3.63, 3.8) is 0 Å². The molecule has 1 aromatic heterocycles. The molecule has 8 rings (SSSR count). The molecule has 4 fully saturated rings. The van der Waals surface area contributed by atoms with Crippen molar-refractivity contribution >= 4 is 58.6 Å². The van der Waals surface area contributed by atoms with E-state index in [1.807, 2.05) is 18.2 Å². The fourth-order valence-corrected chi connectivity index (χ4v) is 9.59. The number of primary amides is 1. The Morgan fingerprint density at radius 3 is 2.30 bits per heavy atom. The van der Waals surface area contributed by atoms with Gasteiger partial charge in [0.1, 0.15) is 17.4 Å². The van der Waals surface area contributed by atoms with Gasteiger partial charge in [-0.1, -0.05) is 12.1 Å². The highest BCUT2D eigenvalue weighted by Gasteiger charge is 2.49. The van der Waals surface area contributed by atoms with Crippen molar-refractivity contribution in [2.45, 2.75) is 77.2 Å². The van der Waals surface area contributed by atoms with E-state index in [0.29, 0.717) is 23.6 Å². The quantitative estimate of drug-likeness (QED) is 0.194. The minimum Gasteiger partial charge on any atom is -0.469 e. The van der Waals surface area contributed by atoms with E-state index in [9.17, 15) is 28.8 Å². The van der Waals surface area contributed by atoms with Crippen LogP contribution in [-0.4, -0.2) is 126 Å². The van der Waals surface area contributed by atoms with Crippen LogP contribution in [0.15, 0.2) is 48.7 Å². The molecular weight excluding hydrogens is 779 g/mol. The fraction of sp³-hybridized carbons (Fsp3) is 0.511. The molecule has 16 heteroatoms. The lowest BCUT2D eigenvalue weighted by atomic mass is 9.89. The summed E-state index contributed by atoms with van der Waals surface area (Å²) in [6.45, 7) is 9.37. The van der Waals surface area contributed by atoms with Crippen molar-refractivity contribution in [1.29, 1.82) is 0 Å². The van der Waals surface area contributed by atoms with Crippen LogP contribution in [0.4, 0.5) is 23.1 Å². The largest absolute Gasteiger partial charge is 0.469 e. The van der Waals surface area contributed by atoms with Gasteiger partial charge < -0.3 is 30.5 Å². The second-order valence-corrected chi connectivity index (χ2v) is 17.7. The standard InChI is InChI=1S/C45H55N9O7/c1-45(2,43(60)61-3)27-53-37(55)14-13-36(42(53)59)54-40(57)33-12-11-32(23-34(33)41(54)58)52-22-15-28(26-52)25-50-20-16-30(17-21-50)29-7-9-31(10-8-29)48-39-35(38(46)56)24-47-44(49-39)51-18-5-4-6-19-51/h7-12,23-24,28,30,36H,4-6,13-22,25-27H2,1-3H3,(H2,46,56)(H,47,48,49). The summed E-state index contributed by atoms with van der Waals surface area (Å²) in [5.74, 6) is -1.44. The first-order chi connectivity index (χ1) is 29.3. The number of rotatable bonds is 12. The number of hydrogen-bond donors (Lipinski definition) is 2. The van der Waals surface area contributed by atoms with Gasteiger partial charge in [0.25, 0.3) is 23.6 Å². The third-order valence-corrected chi connectivity index (χ3v) is 13.1. The maximum absolute atomic E-state index is 13.8. The molecule has 5 aliphatic heterocycles. The lowest BCUT2D eigenvalue weighted by molar-refractivity contribution is -0.159. The molecule has 322 valence electrons. The Hall–Kier alpha value is -5.90. The molecule has 16 nitrogen and oxygen atoms in total. The Morgan fingerprint density at radius 1 is 0.869 bits per heavy atom. The molecule has 2 aromatic carbocycles. The number of esters is 1. The van der Waals surface area contributed by atoms with E-state index in [1.54, 1.807) is 26.0 Å². The van der Waals surface area contributed by atoms with Gasteiger partial charge in [-0.25, -0.2) is 4.98 Å². The number of fused-ring (bicyclic) bond motifs is 1. The topological polar surface area (TPSA) is 192 Å². The van der Waals surface area contributed by atoms with Gasteiger partial charge in [-0.2, -0.15) is 4.98 Å². The van der Waals surface area contributed by atoms with Gasteiger partial charge in [0, 0.05) is 63.3 Å². The molecule has 2 atom stereocenters. The molecule has 6 heterocycles. The average Bonchev–Trinajstić information content (AvgIpc) is 3.83. The number of nitrogens with two attached hydrogens (primary N) is 1. The van der Waals surface area contributed by atoms with Gasteiger partial charge in [0.15, 0.2) is 0 Å². The van der Waals surface area contributed by atoms with Gasteiger partial charge in [0.2, 0.25) is 11.9 Å². The van der Waals surface area contributed by atoms with Gasteiger partial charge in [-0.3, -0.25) is 38.6 Å². The summed E-state index contributed by atoms with van der Waals surface area (Å²) in [6.07, 6.45) is 8.01. The monoisotopic (exact) mass is 833 g/mol. The lowest BCUT2D eigenvalue weighted by Gasteiger charge is -2.37. The van der Waals surface area contributed by atoms with E-state index in [0.717, 1.165) is 99.1 Å². The zero-order chi connectivity index (χ0) is 43.0. The SMILES string of the molecule is COC(=O)C(C)(C)CN1C(=O)CCC(N2C(=O)c3ccc(N4CCC(CN5CCC(c6ccc(Nc7nc(N8CCCCC8)ncc7C(N)=O)cc6)CC5)C4)cc3C2=O)C1=O. The zero-order valence-electron chi connectivity index (χ0n) is 35.2. The number of aromatic nitrogens is 2. The molecule has 3 aromatic rings. The van der Waals surface area contributed by atoms with Crippen LogP contribution in [0.5, 0.6) is 0 Å². The lowest BCUT2D eigenvalue weighted by Crippen LogP contribution is -2.58. The Kier molecular flexibility index (Phi) is 11.8. The highest BCUT2D eigenvalue weighted by Crippen LogP contribution is 2.36. The van der Waals surface area contributed by atoms with Crippen molar-refractivity contribution in [2.75, 3.05) is 74.6 Å². The number of likely N-dealkylation sites (tertiary alicyclic amines) is 2. The van der Waals surface area contributed by atoms with Gasteiger partial charge in [-0.05, 0) is 120 Å². The van der Waals surface area contributed by atoms with Crippen LogP contribution in [0.2, 0.25) is 0 Å². The van der Waals surface area contributed by atoms with Gasteiger partial charge >= 0.3 is 5.97 Å². The molecule has 0 saturated carbocycles.